The molecule has 5 saturated heterocycles. The smallest absolute Gasteiger partial charge is 0.333 e. The van der Waals surface area contributed by atoms with Gasteiger partial charge in [-0.25, -0.2) is 14.4 Å². The Kier molecular flexibility index (Phi) is 23.2. The summed E-state index contributed by atoms with van der Waals surface area (Å²) < 4.78 is 35.8. The first-order chi connectivity index (χ1) is 32.5. The minimum absolute atomic E-state index is 0. The van der Waals surface area contributed by atoms with Crippen molar-refractivity contribution >= 4 is 98.9 Å². The number of thioether (sulfide) groups is 1. The van der Waals surface area contributed by atoms with E-state index in [0.717, 1.165) is 23.3 Å². The molecule has 0 bridgehead atoms. The molecule has 388 valence electrons. The molecule has 70 heavy (non-hydrogen) atoms. The number of amides is 10. The van der Waals surface area contributed by atoms with E-state index >= 15 is 0 Å². The van der Waals surface area contributed by atoms with Crippen LogP contribution in [0.25, 0.3) is 0 Å². The summed E-state index contributed by atoms with van der Waals surface area (Å²) in [5.74, 6) is -9.34. The first kappa shape index (κ1) is 59.6. The van der Waals surface area contributed by atoms with Crippen molar-refractivity contribution in [2.75, 3.05) is 20.2 Å². The summed E-state index contributed by atoms with van der Waals surface area (Å²) in [6.45, 7) is 14.6. The van der Waals surface area contributed by atoms with E-state index in [1.54, 1.807) is 6.92 Å². The molecule has 0 aliphatic carbocycles. The molecule has 10 amide bonds. The largest absolute Gasteiger partial charge is 0.353 e. The van der Waals surface area contributed by atoms with Gasteiger partial charge in [0.05, 0.1) is 13.5 Å². The Morgan fingerprint density at radius 3 is 1.64 bits per heavy atom. The molecule has 24 nitrogen and oxygen atoms in total. The first-order valence-electron chi connectivity index (χ1n) is 22.7. The maximum atomic E-state index is 12.3. The van der Waals surface area contributed by atoms with Crippen molar-refractivity contribution in [3.63, 3.8) is 0 Å². The van der Waals surface area contributed by atoms with Gasteiger partial charge < -0.3 is 19.3 Å². The van der Waals surface area contributed by atoms with Crippen LogP contribution in [-0.4, -0.2) is 146 Å². The van der Waals surface area contributed by atoms with Crippen LogP contribution >= 0.6 is 11.8 Å². The van der Waals surface area contributed by atoms with Crippen molar-refractivity contribution < 1.29 is 122 Å². The van der Waals surface area contributed by atoms with E-state index in [9.17, 15) is 70.7 Å². The van der Waals surface area contributed by atoms with E-state index in [1.807, 2.05) is 41.5 Å². The van der Waals surface area contributed by atoms with E-state index < -0.39 is 81.0 Å². The second-order valence-electron chi connectivity index (χ2n) is 17.4. The minimum atomic E-state index is -4.22. The molecule has 6 atom stereocenters. The number of carbonyl (C=O) groups excluding carboxylic acids is 13. The van der Waals surface area contributed by atoms with Gasteiger partial charge in [0.1, 0.15) is 5.91 Å². The standard InChI is InChI=1S/C15H20N2O6.C14H17N2O6.C14H23NO7S2.U/c1-9(2)10-8-13(20)16(15(10)22)7-3-4-14(21)23-17-11(18)5-6-12(17)19;1-8(2)9-7-12(19)15(14(9)21)6-5-13(20)22-16-10(17)3-4-11(16)18;1-8(2)23-10(4)7-11(24(19,20)21-5)14(18)22-15-12(16)6-9(3)13(15)17;/h9-10H,3-8H2,1-2H3;3,8-9H,4-7H2,1-2H3;8-11H,6-7H2,1-5H3;/q;-1;;/i5D;;;. The predicted molar refractivity (Wildman–Crippen MR) is 235 cm³/mol. The number of rotatable bonds is 19. The summed E-state index contributed by atoms with van der Waals surface area (Å²) in [6.07, 6.45) is -0.577. The van der Waals surface area contributed by atoms with Crippen molar-refractivity contribution in [1.29, 1.82) is 0 Å². The molecular formula is C43H60N5O19S2U-. The maximum absolute atomic E-state index is 12.3. The van der Waals surface area contributed by atoms with E-state index in [2.05, 4.69) is 13.9 Å². The third-order valence-electron chi connectivity index (χ3n) is 11.0. The minimum Gasteiger partial charge on any atom is -0.333 e. The van der Waals surface area contributed by atoms with Crippen LogP contribution in [0.1, 0.15) is 121 Å². The van der Waals surface area contributed by atoms with Gasteiger partial charge in [0.25, 0.3) is 33.7 Å². The van der Waals surface area contributed by atoms with Crippen LogP contribution in [-0.2, 0) is 91.1 Å². The van der Waals surface area contributed by atoms with Gasteiger partial charge in [-0.1, -0.05) is 61.8 Å². The summed E-state index contributed by atoms with van der Waals surface area (Å²) in [4.78, 5) is 169. The van der Waals surface area contributed by atoms with Gasteiger partial charge in [-0.15, -0.1) is 15.2 Å². The van der Waals surface area contributed by atoms with Crippen molar-refractivity contribution in [2.45, 2.75) is 135 Å². The van der Waals surface area contributed by atoms with Crippen LogP contribution in [0.2, 0.25) is 0 Å². The maximum Gasteiger partial charge on any atom is 0.353 e. The molecule has 5 rings (SSSR count). The Morgan fingerprint density at radius 1 is 0.686 bits per heavy atom. The van der Waals surface area contributed by atoms with Gasteiger partial charge >= 0.3 is 17.9 Å². The molecule has 0 aromatic carbocycles. The Labute approximate surface area is 435 Å². The Bertz CT molecular complexity index is 2210. The van der Waals surface area contributed by atoms with Gasteiger partial charge in [-0.2, -0.15) is 20.2 Å². The molecule has 0 spiro atoms. The SMILES string of the molecule is CC(C)C1CC(=O)N(CCC(=O)ON2C(=O)[CH-]CC2=O)C1=O.COS(=O)(=O)C(CC(C)SC(C)C)C(=O)ON1C(=O)CC(C)C1=O.[2H]C1CC(=O)N(OC(=O)CCCN2C(=O)CC(C(C)C)C2=O)C1=O.[U]. The Morgan fingerprint density at radius 2 is 1.21 bits per heavy atom. The fourth-order valence-electron chi connectivity index (χ4n) is 7.20. The van der Waals surface area contributed by atoms with Crippen LogP contribution < -0.4 is 0 Å². The monoisotopic (exact) mass is 1250 g/mol. The van der Waals surface area contributed by atoms with Gasteiger partial charge in [0, 0.05) is 107 Å². The molecule has 0 aromatic heterocycles. The van der Waals surface area contributed by atoms with Gasteiger partial charge in [-0.05, 0) is 29.9 Å². The van der Waals surface area contributed by atoms with Crippen LogP contribution in [0.5, 0.6) is 0 Å². The van der Waals surface area contributed by atoms with E-state index in [1.165, 1.54) is 18.7 Å². The third kappa shape index (κ3) is 16.7. The molecule has 5 heterocycles. The Balaban J connectivity index is 0.000000363. The first-order valence-corrected chi connectivity index (χ1v) is 24.6. The van der Waals surface area contributed by atoms with E-state index in [0.29, 0.717) is 15.2 Å². The molecule has 0 saturated carbocycles. The molecule has 0 radical (unpaired) electrons. The summed E-state index contributed by atoms with van der Waals surface area (Å²) in [7, 11) is -3.27. The molecule has 5 aliphatic heterocycles. The van der Waals surface area contributed by atoms with Gasteiger partial charge in [0.2, 0.25) is 29.5 Å². The normalized spacial score (nSPS) is 22.6. The molecule has 0 aromatic rings. The van der Waals surface area contributed by atoms with Crippen molar-refractivity contribution in [1.82, 2.24) is 25.0 Å². The number of carbonyl (C=O) groups is 13. The number of hydroxylamine groups is 6. The zero-order valence-electron chi connectivity index (χ0n) is 41.4. The molecule has 0 N–H and O–H groups in total. The third-order valence-corrected chi connectivity index (χ3v) is 13.8. The van der Waals surface area contributed by atoms with Crippen LogP contribution in [0.3, 0.4) is 0 Å². The molecule has 5 fully saturated rings. The number of imide groups is 5. The van der Waals surface area contributed by atoms with Crippen molar-refractivity contribution in [3.05, 3.63) is 6.42 Å². The Hall–Kier alpha value is -4.71. The van der Waals surface area contributed by atoms with Crippen LogP contribution in [0.15, 0.2) is 0 Å². The van der Waals surface area contributed by atoms with E-state index in [-0.39, 0.29) is 160 Å². The van der Waals surface area contributed by atoms with Crippen molar-refractivity contribution in [3.8, 4) is 0 Å². The van der Waals surface area contributed by atoms with Crippen LogP contribution in [0, 0.1) is 67.1 Å². The van der Waals surface area contributed by atoms with Gasteiger partial charge in [-0.3, -0.25) is 63.6 Å². The summed E-state index contributed by atoms with van der Waals surface area (Å²) in [5.41, 5.74) is 0. The molecule has 27 heteroatoms. The quantitative estimate of drug-likeness (QED) is 0.100. The molecular weight excluding hydrogens is 1190 g/mol. The van der Waals surface area contributed by atoms with E-state index in [4.69, 9.17) is 6.21 Å². The zero-order valence-corrected chi connectivity index (χ0v) is 46.2. The summed E-state index contributed by atoms with van der Waals surface area (Å²) in [6, 6.07) is 0. The fraction of sp³-hybridized carbons (Fsp3) is 0.674. The molecule has 5 aliphatic rings. The summed E-state index contributed by atoms with van der Waals surface area (Å²) >= 11 is 1.50. The topological polar surface area (TPSA) is 309 Å². The average molecular weight is 1250 g/mol. The number of hydrogen-bond donors (Lipinski definition) is 0. The van der Waals surface area contributed by atoms with Crippen molar-refractivity contribution in [2.24, 2.45) is 29.6 Å². The summed E-state index contributed by atoms with van der Waals surface area (Å²) in [5, 5.41) is -0.472. The zero-order chi connectivity index (χ0) is 53.1. The second-order valence-corrected chi connectivity index (χ2v) is 21.4. The second kappa shape index (κ2) is 27.2. The van der Waals surface area contributed by atoms with Crippen LogP contribution in [0.4, 0.5) is 0 Å². The fourth-order valence-corrected chi connectivity index (χ4v) is 9.59. The van der Waals surface area contributed by atoms with Gasteiger partial charge in [0.15, 0.2) is 5.25 Å². The molecule has 6 unspecified atom stereocenters. The average Bonchev–Trinajstić information content (AvgIpc) is 3.99. The number of likely N-dealkylation sites (tertiary alicyclic amines) is 2. The predicted octanol–water partition coefficient (Wildman–Crippen LogP) is 1.34. The number of nitrogens with zero attached hydrogens (tertiary/aromatic N) is 5. The number of hydrogen-bond acceptors (Lipinski definition) is 20.